The molecule has 0 radical (unpaired) electrons. The third-order valence-electron chi connectivity index (χ3n) is 3.05. The van der Waals surface area contributed by atoms with E-state index in [2.05, 4.69) is 4.98 Å². The Labute approximate surface area is 121 Å². The van der Waals surface area contributed by atoms with Crippen molar-refractivity contribution in [3.63, 3.8) is 0 Å². The van der Waals surface area contributed by atoms with E-state index >= 15 is 0 Å². The summed E-state index contributed by atoms with van der Waals surface area (Å²) in [7, 11) is 3.34. The molecule has 5 nitrogen and oxygen atoms in total. The fourth-order valence-corrected chi connectivity index (χ4v) is 2.73. The second-order valence-electron chi connectivity index (χ2n) is 4.70. The van der Waals surface area contributed by atoms with E-state index < -0.39 is 0 Å². The van der Waals surface area contributed by atoms with Crippen molar-refractivity contribution in [2.75, 3.05) is 20.6 Å². The third kappa shape index (κ3) is 3.33. The number of carbonyl (C=O) groups is 2. The molecule has 20 heavy (non-hydrogen) atoms. The molecule has 2 rings (SSSR count). The van der Waals surface area contributed by atoms with Crippen molar-refractivity contribution in [2.45, 2.75) is 13.5 Å². The largest absolute Gasteiger partial charge is 0.337 e. The molecule has 1 heterocycles. The molecule has 0 bridgehead atoms. The standard InChI is InChI=1S/C14H17N3O2S/c1-10(18)16(2)9-14(19)17(3)8-13-15-11-6-4-5-7-12(11)20-13/h4-7H,8-9H2,1-3H3. The van der Waals surface area contributed by atoms with Crippen LogP contribution in [0.15, 0.2) is 24.3 Å². The summed E-state index contributed by atoms with van der Waals surface area (Å²) < 4.78 is 1.12. The Morgan fingerprint density at radius 3 is 2.55 bits per heavy atom. The van der Waals surface area contributed by atoms with Crippen molar-refractivity contribution in [1.29, 1.82) is 0 Å². The van der Waals surface area contributed by atoms with Crippen LogP contribution in [-0.2, 0) is 16.1 Å². The van der Waals surface area contributed by atoms with Crippen LogP contribution in [0.1, 0.15) is 11.9 Å². The average Bonchev–Trinajstić information content (AvgIpc) is 2.80. The van der Waals surface area contributed by atoms with Gasteiger partial charge in [-0.05, 0) is 12.1 Å². The number of nitrogens with zero attached hydrogens (tertiary/aromatic N) is 3. The first-order chi connectivity index (χ1) is 9.47. The highest BCUT2D eigenvalue weighted by Crippen LogP contribution is 2.22. The quantitative estimate of drug-likeness (QED) is 0.862. The van der Waals surface area contributed by atoms with Gasteiger partial charge in [0.2, 0.25) is 11.8 Å². The number of para-hydroxylation sites is 1. The minimum absolute atomic E-state index is 0.0940. The van der Waals surface area contributed by atoms with E-state index in [1.165, 1.54) is 11.8 Å². The first kappa shape index (κ1) is 14.5. The molecule has 0 spiro atoms. The summed E-state index contributed by atoms with van der Waals surface area (Å²) in [6, 6.07) is 7.89. The van der Waals surface area contributed by atoms with Crippen molar-refractivity contribution in [3.05, 3.63) is 29.3 Å². The number of thiazole rings is 1. The Kier molecular flexibility index (Phi) is 4.34. The van der Waals surface area contributed by atoms with Crippen molar-refractivity contribution in [3.8, 4) is 0 Å². The lowest BCUT2D eigenvalue weighted by atomic mass is 10.3. The summed E-state index contributed by atoms with van der Waals surface area (Å²) in [5.41, 5.74) is 0.953. The lowest BCUT2D eigenvalue weighted by Crippen LogP contribution is -2.38. The molecule has 6 heteroatoms. The molecule has 0 aliphatic carbocycles. The van der Waals surface area contributed by atoms with E-state index in [1.807, 2.05) is 24.3 Å². The van der Waals surface area contributed by atoms with E-state index in [0.717, 1.165) is 15.2 Å². The summed E-state index contributed by atoms with van der Waals surface area (Å²) in [6.07, 6.45) is 0. The summed E-state index contributed by atoms with van der Waals surface area (Å²) >= 11 is 1.58. The van der Waals surface area contributed by atoms with Crippen LogP contribution in [0.25, 0.3) is 10.2 Å². The second-order valence-corrected chi connectivity index (χ2v) is 5.82. The lowest BCUT2D eigenvalue weighted by molar-refractivity contribution is -0.137. The van der Waals surface area contributed by atoms with Gasteiger partial charge in [0, 0.05) is 21.0 Å². The van der Waals surface area contributed by atoms with E-state index in [-0.39, 0.29) is 18.4 Å². The molecule has 0 unspecified atom stereocenters. The molecule has 0 atom stereocenters. The van der Waals surface area contributed by atoms with Gasteiger partial charge in [0.05, 0.1) is 23.3 Å². The Balaban J connectivity index is 2.01. The SMILES string of the molecule is CC(=O)N(C)CC(=O)N(C)Cc1nc2ccccc2s1. The molecule has 0 aliphatic rings. The fraction of sp³-hybridized carbons (Fsp3) is 0.357. The smallest absolute Gasteiger partial charge is 0.242 e. The minimum Gasteiger partial charge on any atom is -0.337 e. The van der Waals surface area contributed by atoms with Crippen molar-refractivity contribution < 1.29 is 9.59 Å². The van der Waals surface area contributed by atoms with E-state index in [0.29, 0.717) is 6.54 Å². The van der Waals surface area contributed by atoms with Gasteiger partial charge in [-0.15, -0.1) is 11.3 Å². The van der Waals surface area contributed by atoms with Crippen LogP contribution in [0.2, 0.25) is 0 Å². The van der Waals surface area contributed by atoms with Crippen LogP contribution in [-0.4, -0.2) is 47.2 Å². The number of fused-ring (bicyclic) bond motifs is 1. The number of rotatable bonds is 4. The molecule has 2 amide bonds. The van der Waals surface area contributed by atoms with Crippen molar-refractivity contribution in [1.82, 2.24) is 14.8 Å². The van der Waals surface area contributed by atoms with E-state index in [1.54, 1.807) is 30.3 Å². The molecule has 2 aromatic rings. The zero-order valence-electron chi connectivity index (χ0n) is 11.8. The predicted molar refractivity (Wildman–Crippen MR) is 79.4 cm³/mol. The molecular formula is C14H17N3O2S. The normalized spacial score (nSPS) is 10.6. The van der Waals surface area contributed by atoms with Crippen LogP contribution in [0.5, 0.6) is 0 Å². The number of benzene rings is 1. The monoisotopic (exact) mass is 291 g/mol. The summed E-state index contributed by atoms with van der Waals surface area (Å²) in [5, 5.41) is 0.896. The molecule has 0 saturated heterocycles. The Bertz CT molecular complexity index is 605. The number of hydrogen-bond donors (Lipinski definition) is 0. The van der Waals surface area contributed by atoms with Crippen LogP contribution in [0, 0.1) is 0 Å². The minimum atomic E-state index is -0.119. The fourth-order valence-electron chi connectivity index (χ4n) is 1.71. The Morgan fingerprint density at radius 1 is 1.20 bits per heavy atom. The Morgan fingerprint density at radius 2 is 1.90 bits per heavy atom. The van der Waals surface area contributed by atoms with Crippen molar-refractivity contribution in [2.24, 2.45) is 0 Å². The molecular weight excluding hydrogens is 274 g/mol. The maximum absolute atomic E-state index is 12.0. The second kappa shape index (κ2) is 6.00. The van der Waals surface area contributed by atoms with Gasteiger partial charge in [-0.2, -0.15) is 0 Å². The van der Waals surface area contributed by atoms with Gasteiger partial charge < -0.3 is 9.80 Å². The van der Waals surface area contributed by atoms with E-state index in [9.17, 15) is 9.59 Å². The molecule has 0 saturated carbocycles. The van der Waals surface area contributed by atoms with Crippen LogP contribution < -0.4 is 0 Å². The lowest BCUT2D eigenvalue weighted by Gasteiger charge is -2.20. The van der Waals surface area contributed by atoms with Crippen LogP contribution >= 0.6 is 11.3 Å². The van der Waals surface area contributed by atoms with Crippen LogP contribution in [0.3, 0.4) is 0 Å². The number of aromatic nitrogens is 1. The molecule has 0 fully saturated rings. The van der Waals surface area contributed by atoms with Gasteiger partial charge in [-0.25, -0.2) is 4.98 Å². The number of hydrogen-bond acceptors (Lipinski definition) is 4. The highest BCUT2D eigenvalue weighted by molar-refractivity contribution is 7.18. The van der Waals surface area contributed by atoms with Crippen LogP contribution in [0.4, 0.5) is 0 Å². The summed E-state index contributed by atoms with van der Waals surface area (Å²) in [6.45, 7) is 2.00. The number of likely N-dealkylation sites (N-methyl/N-ethyl adjacent to an activating group) is 2. The number of carbonyl (C=O) groups excluding carboxylic acids is 2. The predicted octanol–water partition coefficient (Wildman–Crippen LogP) is 1.73. The average molecular weight is 291 g/mol. The van der Waals surface area contributed by atoms with Gasteiger partial charge in [-0.3, -0.25) is 9.59 Å². The first-order valence-electron chi connectivity index (χ1n) is 6.27. The highest BCUT2D eigenvalue weighted by Gasteiger charge is 2.15. The Hall–Kier alpha value is -1.95. The summed E-state index contributed by atoms with van der Waals surface area (Å²) in [5.74, 6) is -0.214. The highest BCUT2D eigenvalue weighted by atomic mass is 32.1. The summed E-state index contributed by atoms with van der Waals surface area (Å²) in [4.78, 5) is 30.6. The maximum Gasteiger partial charge on any atom is 0.242 e. The zero-order valence-corrected chi connectivity index (χ0v) is 12.6. The molecule has 0 aliphatic heterocycles. The molecule has 0 N–H and O–H groups in total. The van der Waals surface area contributed by atoms with Gasteiger partial charge >= 0.3 is 0 Å². The first-order valence-corrected chi connectivity index (χ1v) is 7.09. The zero-order chi connectivity index (χ0) is 14.7. The topological polar surface area (TPSA) is 53.5 Å². The molecule has 106 valence electrons. The third-order valence-corrected chi connectivity index (χ3v) is 4.07. The van der Waals surface area contributed by atoms with Gasteiger partial charge in [0.1, 0.15) is 5.01 Å². The van der Waals surface area contributed by atoms with Crippen molar-refractivity contribution >= 4 is 33.4 Å². The molecule has 1 aromatic heterocycles. The molecule has 1 aromatic carbocycles. The maximum atomic E-state index is 12.0. The van der Waals surface area contributed by atoms with Gasteiger partial charge in [0.25, 0.3) is 0 Å². The van der Waals surface area contributed by atoms with E-state index in [4.69, 9.17) is 0 Å². The van der Waals surface area contributed by atoms with Gasteiger partial charge in [-0.1, -0.05) is 12.1 Å². The van der Waals surface area contributed by atoms with Gasteiger partial charge in [0.15, 0.2) is 0 Å². The number of amides is 2.